The smallest absolute Gasteiger partial charge is 0.240 e. The third-order valence-corrected chi connectivity index (χ3v) is 2.11. The zero-order chi connectivity index (χ0) is 10.9. The third-order valence-electron chi connectivity index (χ3n) is 2.11. The fourth-order valence-electron chi connectivity index (χ4n) is 1.18. The summed E-state index contributed by atoms with van der Waals surface area (Å²) < 4.78 is 1.60. The number of carbonyl (C=O) groups is 2. The van der Waals surface area contributed by atoms with Crippen molar-refractivity contribution < 1.29 is 9.59 Å². The second kappa shape index (κ2) is 3.61. The lowest BCUT2D eigenvalue weighted by atomic mass is 10.3. The van der Waals surface area contributed by atoms with Crippen LogP contribution >= 0.6 is 0 Å². The van der Waals surface area contributed by atoms with Crippen molar-refractivity contribution in [2.45, 2.75) is 26.8 Å². The minimum absolute atomic E-state index is 0.122. The Morgan fingerprint density at radius 2 is 2.14 bits per heavy atom. The van der Waals surface area contributed by atoms with Crippen LogP contribution in [-0.4, -0.2) is 21.2 Å². The Kier molecular flexibility index (Phi) is 2.69. The summed E-state index contributed by atoms with van der Waals surface area (Å²) in [6, 6.07) is -0.476. The lowest BCUT2D eigenvalue weighted by Gasteiger charge is -2.09. The Morgan fingerprint density at radius 1 is 1.57 bits per heavy atom. The van der Waals surface area contributed by atoms with Crippen LogP contribution in [0.1, 0.15) is 36.2 Å². The highest BCUT2D eigenvalue weighted by atomic mass is 16.1. The molecule has 1 aromatic heterocycles. The van der Waals surface area contributed by atoms with Gasteiger partial charge in [0.25, 0.3) is 0 Å². The molecule has 5 nitrogen and oxygen atoms in total. The van der Waals surface area contributed by atoms with Crippen molar-refractivity contribution >= 4 is 11.7 Å². The molecule has 0 saturated carbocycles. The molecule has 0 saturated heterocycles. The minimum atomic E-state index is -0.476. The molecule has 0 aliphatic rings. The zero-order valence-corrected chi connectivity index (χ0v) is 8.44. The van der Waals surface area contributed by atoms with Gasteiger partial charge in [0, 0.05) is 13.1 Å². The van der Waals surface area contributed by atoms with E-state index >= 15 is 0 Å². The van der Waals surface area contributed by atoms with E-state index in [2.05, 4.69) is 4.98 Å². The summed E-state index contributed by atoms with van der Waals surface area (Å²) in [5.74, 6) is 0.0469. The van der Waals surface area contributed by atoms with Gasteiger partial charge in [0.15, 0.2) is 5.78 Å². The Hall–Kier alpha value is -1.65. The summed E-state index contributed by atoms with van der Waals surface area (Å²) >= 11 is 0. The van der Waals surface area contributed by atoms with Crippen molar-refractivity contribution in [1.29, 1.82) is 0 Å². The summed E-state index contributed by atoms with van der Waals surface area (Å²) in [5.41, 5.74) is 5.51. The Morgan fingerprint density at radius 3 is 2.50 bits per heavy atom. The molecule has 0 bridgehead atoms. The lowest BCUT2D eigenvalue weighted by Crippen LogP contribution is -2.24. The zero-order valence-electron chi connectivity index (χ0n) is 8.44. The van der Waals surface area contributed by atoms with Crippen molar-refractivity contribution in [3.8, 4) is 0 Å². The average molecular weight is 195 g/mol. The maximum absolute atomic E-state index is 11.0. The molecule has 0 fully saturated rings. The first kappa shape index (κ1) is 10.4. The highest BCUT2D eigenvalue weighted by Gasteiger charge is 2.16. The molecule has 5 heteroatoms. The van der Waals surface area contributed by atoms with E-state index in [4.69, 9.17) is 5.73 Å². The summed E-state index contributed by atoms with van der Waals surface area (Å²) in [7, 11) is 0. The van der Waals surface area contributed by atoms with Crippen LogP contribution < -0.4 is 5.73 Å². The first-order valence-electron chi connectivity index (χ1n) is 4.29. The van der Waals surface area contributed by atoms with E-state index in [1.807, 2.05) is 0 Å². The Labute approximate surface area is 81.9 Å². The second-order valence-electron chi connectivity index (χ2n) is 3.22. The van der Waals surface area contributed by atoms with Crippen LogP contribution in [0.2, 0.25) is 0 Å². The quantitative estimate of drug-likeness (QED) is 0.711. The number of primary amides is 1. The molecule has 0 aliphatic heterocycles. The fourth-order valence-corrected chi connectivity index (χ4v) is 1.18. The maximum Gasteiger partial charge on any atom is 0.240 e. The van der Waals surface area contributed by atoms with Crippen LogP contribution in [0.3, 0.4) is 0 Å². The van der Waals surface area contributed by atoms with E-state index in [0.29, 0.717) is 11.5 Å². The number of aromatic nitrogens is 2. The van der Waals surface area contributed by atoms with Gasteiger partial charge in [-0.15, -0.1) is 0 Å². The van der Waals surface area contributed by atoms with Gasteiger partial charge in [-0.1, -0.05) is 0 Å². The molecule has 0 spiro atoms. The number of rotatable bonds is 3. The van der Waals surface area contributed by atoms with E-state index in [0.717, 1.165) is 0 Å². The third kappa shape index (κ3) is 1.81. The SMILES string of the molecule is CC(=O)c1cn(C(C)C(N)=O)c(C)n1. The molecule has 1 aromatic rings. The number of imidazole rings is 1. The molecule has 0 aliphatic carbocycles. The first-order chi connectivity index (χ1) is 6.43. The Bertz CT molecular complexity index is 381. The van der Waals surface area contributed by atoms with Gasteiger partial charge in [0.1, 0.15) is 17.6 Å². The number of nitrogens with zero attached hydrogens (tertiary/aromatic N) is 2. The van der Waals surface area contributed by atoms with E-state index < -0.39 is 11.9 Å². The maximum atomic E-state index is 11.0. The number of hydrogen-bond donors (Lipinski definition) is 1. The van der Waals surface area contributed by atoms with Gasteiger partial charge < -0.3 is 10.3 Å². The molecule has 1 atom stereocenters. The topological polar surface area (TPSA) is 78.0 Å². The molecule has 1 amide bonds. The van der Waals surface area contributed by atoms with Crippen LogP contribution in [0.4, 0.5) is 0 Å². The van der Waals surface area contributed by atoms with Gasteiger partial charge in [-0.25, -0.2) is 4.98 Å². The van der Waals surface area contributed by atoms with Gasteiger partial charge in [-0.3, -0.25) is 9.59 Å². The van der Waals surface area contributed by atoms with Gasteiger partial charge >= 0.3 is 0 Å². The number of nitrogens with two attached hydrogens (primary N) is 1. The molecule has 0 aromatic carbocycles. The Balaban J connectivity index is 3.10. The summed E-state index contributed by atoms with van der Waals surface area (Å²) in [5, 5.41) is 0. The van der Waals surface area contributed by atoms with Crippen molar-refractivity contribution in [1.82, 2.24) is 9.55 Å². The molecule has 0 radical (unpaired) electrons. The van der Waals surface area contributed by atoms with Crippen LogP contribution in [0.5, 0.6) is 0 Å². The summed E-state index contributed by atoms with van der Waals surface area (Å²) in [4.78, 5) is 26.0. The monoisotopic (exact) mass is 195 g/mol. The van der Waals surface area contributed by atoms with Crippen molar-refractivity contribution in [3.63, 3.8) is 0 Å². The molecular weight excluding hydrogens is 182 g/mol. The van der Waals surface area contributed by atoms with Crippen molar-refractivity contribution in [2.75, 3.05) is 0 Å². The van der Waals surface area contributed by atoms with Crippen molar-refractivity contribution in [2.24, 2.45) is 5.73 Å². The number of Topliss-reactive ketones (excluding diaryl/α,β-unsaturated/α-hetero) is 1. The molecule has 1 unspecified atom stereocenters. The van der Waals surface area contributed by atoms with Gasteiger partial charge in [0.05, 0.1) is 0 Å². The van der Waals surface area contributed by atoms with E-state index in [1.165, 1.54) is 6.92 Å². The number of hydrogen-bond acceptors (Lipinski definition) is 3. The predicted molar refractivity (Wildman–Crippen MR) is 50.9 cm³/mol. The average Bonchev–Trinajstić information content (AvgIpc) is 2.46. The van der Waals surface area contributed by atoms with Crippen LogP contribution in [0.25, 0.3) is 0 Å². The molecule has 14 heavy (non-hydrogen) atoms. The molecule has 1 rings (SSSR count). The number of aryl methyl sites for hydroxylation is 1. The van der Waals surface area contributed by atoms with Crippen LogP contribution in [-0.2, 0) is 4.79 Å². The van der Waals surface area contributed by atoms with E-state index in [-0.39, 0.29) is 5.78 Å². The molecule has 1 heterocycles. The minimum Gasteiger partial charge on any atom is -0.368 e. The van der Waals surface area contributed by atoms with E-state index in [9.17, 15) is 9.59 Å². The lowest BCUT2D eigenvalue weighted by molar-refractivity contribution is -0.120. The molecule has 2 N–H and O–H groups in total. The molecular formula is C9H13N3O2. The number of carbonyl (C=O) groups excluding carboxylic acids is 2. The predicted octanol–water partition coefficient (Wildman–Crippen LogP) is 0.440. The second-order valence-corrected chi connectivity index (χ2v) is 3.22. The largest absolute Gasteiger partial charge is 0.368 e. The van der Waals surface area contributed by atoms with Gasteiger partial charge in [0.2, 0.25) is 5.91 Å². The van der Waals surface area contributed by atoms with Crippen molar-refractivity contribution in [3.05, 3.63) is 17.7 Å². The number of amides is 1. The summed E-state index contributed by atoms with van der Waals surface area (Å²) in [6.45, 7) is 4.83. The summed E-state index contributed by atoms with van der Waals surface area (Å²) in [6.07, 6.45) is 1.55. The highest BCUT2D eigenvalue weighted by Crippen LogP contribution is 2.11. The van der Waals surface area contributed by atoms with Gasteiger partial charge in [-0.2, -0.15) is 0 Å². The standard InChI is InChI=1S/C9H13N3O2/c1-5(9(10)14)12-4-8(6(2)13)11-7(12)3/h4-5H,1-3H3,(H2,10,14). The normalized spacial score (nSPS) is 12.5. The van der Waals surface area contributed by atoms with Crippen LogP contribution in [0.15, 0.2) is 6.20 Å². The van der Waals surface area contributed by atoms with E-state index in [1.54, 1.807) is 24.6 Å². The van der Waals surface area contributed by atoms with Gasteiger partial charge in [-0.05, 0) is 13.8 Å². The first-order valence-corrected chi connectivity index (χ1v) is 4.29. The highest BCUT2D eigenvalue weighted by molar-refractivity contribution is 5.92. The fraction of sp³-hybridized carbons (Fsp3) is 0.444. The molecule has 76 valence electrons. The van der Waals surface area contributed by atoms with Crippen LogP contribution in [0, 0.1) is 6.92 Å². The number of ketones is 1.